The first-order valence-corrected chi connectivity index (χ1v) is 5.90. The van der Waals surface area contributed by atoms with Crippen LogP contribution in [-0.4, -0.2) is 17.0 Å². The van der Waals surface area contributed by atoms with Gasteiger partial charge < -0.3 is 5.11 Å². The molecule has 78 valence electrons. The summed E-state index contributed by atoms with van der Waals surface area (Å²) in [7, 11) is 0. The fourth-order valence-electron chi connectivity index (χ4n) is 1.30. The van der Waals surface area contributed by atoms with Crippen LogP contribution in [0.15, 0.2) is 16.8 Å². The Kier molecular flexibility index (Phi) is 4.84. The number of rotatable bonds is 6. The Morgan fingerprint density at radius 2 is 2.43 bits per heavy atom. The van der Waals surface area contributed by atoms with Gasteiger partial charge in [-0.25, -0.2) is 0 Å². The Morgan fingerprint density at radius 3 is 3.00 bits per heavy atom. The van der Waals surface area contributed by atoms with E-state index in [-0.39, 0.29) is 5.78 Å². The van der Waals surface area contributed by atoms with Crippen molar-refractivity contribution in [3.8, 4) is 0 Å². The van der Waals surface area contributed by atoms with E-state index in [0.29, 0.717) is 12.8 Å². The number of carbonyl (C=O) groups excluding carboxylic acids is 1. The molecule has 1 N–H and O–H groups in total. The molecule has 1 aromatic heterocycles. The van der Waals surface area contributed by atoms with Crippen molar-refractivity contribution < 1.29 is 9.90 Å². The lowest BCUT2D eigenvalue weighted by Crippen LogP contribution is -2.20. The van der Waals surface area contributed by atoms with Gasteiger partial charge in [-0.3, -0.25) is 4.79 Å². The van der Waals surface area contributed by atoms with Gasteiger partial charge in [-0.05, 0) is 35.2 Å². The first kappa shape index (κ1) is 11.4. The fourth-order valence-corrected chi connectivity index (χ4v) is 2.01. The maximum Gasteiger partial charge on any atom is 0.161 e. The van der Waals surface area contributed by atoms with Gasteiger partial charge >= 0.3 is 0 Å². The minimum absolute atomic E-state index is 0.0296. The monoisotopic (exact) mass is 212 g/mol. The number of Topliss-reactive ketones (excluding diaryl/α,β-unsaturated/α-hetero) is 1. The quantitative estimate of drug-likeness (QED) is 0.786. The Hall–Kier alpha value is -0.670. The summed E-state index contributed by atoms with van der Waals surface area (Å²) in [5, 5.41) is 13.4. The van der Waals surface area contributed by atoms with Crippen LogP contribution >= 0.6 is 11.3 Å². The maximum atomic E-state index is 11.4. The van der Waals surface area contributed by atoms with Crippen molar-refractivity contribution in [3.05, 3.63) is 22.4 Å². The summed E-state index contributed by atoms with van der Waals surface area (Å²) in [5.74, 6) is -0.0296. The molecule has 1 atom stereocenters. The molecule has 14 heavy (non-hydrogen) atoms. The highest BCUT2D eigenvalue weighted by Gasteiger charge is 2.13. The van der Waals surface area contributed by atoms with Crippen molar-refractivity contribution >= 4 is 17.1 Å². The predicted molar refractivity (Wildman–Crippen MR) is 58.6 cm³/mol. The summed E-state index contributed by atoms with van der Waals surface area (Å²) in [4.78, 5) is 11.4. The summed E-state index contributed by atoms with van der Waals surface area (Å²) in [6.45, 7) is 1.97. The third-order valence-electron chi connectivity index (χ3n) is 2.17. The Bertz CT molecular complexity index is 267. The standard InChI is InChI=1S/C11H16O2S/c1-2-3-10(12)11(13)5-4-9-6-7-14-8-9/h6-8,10,12H,2-5H2,1H3. The van der Waals surface area contributed by atoms with E-state index in [1.54, 1.807) is 11.3 Å². The topological polar surface area (TPSA) is 37.3 Å². The Morgan fingerprint density at radius 1 is 1.64 bits per heavy atom. The molecule has 0 radical (unpaired) electrons. The van der Waals surface area contributed by atoms with Gasteiger partial charge in [0, 0.05) is 6.42 Å². The summed E-state index contributed by atoms with van der Waals surface area (Å²) in [6, 6.07) is 2.02. The highest BCUT2D eigenvalue weighted by molar-refractivity contribution is 7.07. The number of aliphatic hydroxyl groups is 1. The molecular weight excluding hydrogens is 196 g/mol. The smallest absolute Gasteiger partial charge is 0.161 e. The van der Waals surface area contributed by atoms with Gasteiger partial charge in [0.05, 0.1) is 0 Å². The molecule has 1 aromatic rings. The van der Waals surface area contributed by atoms with Crippen LogP contribution in [0.25, 0.3) is 0 Å². The van der Waals surface area contributed by atoms with E-state index in [9.17, 15) is 9.90 Å². The van der Waals surface area contributed by atoms with Crippen LogP contribution in [0.3, 0.4) is 0 Å². The molecule has 0 amide bonds. The second-order valence-corrected chi connectivity index (χ2v) is 4.18. The summed E-state index contributed by atoms with van der Waals surface area (Å²) in [6.07, 6.45) is 1.90. The van der Waals surface area contributed by atoms with E-state index in [2.05, 4.69) is 0 Å². The van der Waals surface area contributed by atoms with Crippen molar-refractivity contribution in [2.45, 2.75) is 38.7 Å². The lowest BCUT2D eigenvalue weighted by molar-refractivity contribution is -0.127. The summed E-state index contributed by atoms with van der Waals surface area (Å²) >= 11 is 1.64. The third kappa shape index (κ3) is 3.60. The average molecular weight is 212 g/mol. The lowest BCUT2D eigenvalue weighted by Gasteiger charge is -2.06. The van der Waals surface area contributed by atoms with E-state index in [1.165, 1.54) is 5.56 Å². The number of hydrogen-bond acceptors (Lipinski definition) is 3. The fraction of sp³-hybridized carbons (Fsp3) is 0.545. The first-order chi connectivity index (χ1) is 6.74. The van der Waals surface area contributed by atoms with Gasteiger partial charge in [0.2, 0.25) is 0 Å². The number of ketones is 1. The summed E-state index contributed by atoms with van der Waals surface area (Å²) in [5.41, 5.74) is 1.19. The van der Waals surface area contributed by atoms with Crippen LogP contribution in [0, 0.1) is 0 Å². The number of hydrogen-bond donors (Lipinski definition) is 1. The molecule has 0 spiro atoms. The van der Waals surface area contributed by atoms with E-state index < -0.39 is 6.10 Å². The minimum Gasteiger partial charge on any atom is -0.385 e. The number of aryl methyl sites for hydroxylation is 1. The van der Waals surface area contributed by atoms with Gasteiger partial charge in [-0.15, -0.1) is 0 Å². The van der Waals surface area contributed by atoms with Crippen molar-refractivity contribution in [3.63, 3.8) is 0 Å². The molecule has 0 aromatic carbocycles. The van der Waals surface area contributed by atoms with E-state index in [4.69, 9.17) is 0 Å². The molecule has 1 unspecified atom stereocenters. The van der Waals surface area contributed by atoms with Gasteiger partial charge in [0.25, 0.3) is 0 Å². The van der Waals surface area contributed by atoms with Crippen LogP contribution < -0.4 is 0 Å². The first-order valence-electron chi connectivity index (χ1n) is 4.96. The molecule has 0 fully saturated rings. The van der Waals surface area contributed by atoms with Crippen LogP contribution in [0.5, 0.6) is 0 Å². The molecular formula is C11H16O2S. The molecule has 2 nitrogen and oxygen atoms in total. The van der Waals surface area contributed by atoms with Gasteiger partial charge in [-0.1, -0.05) is 13.3 Å². The zero-order valence-corrected chi connectivity index (χ0v) is 9.22. The second kappa shape index (κ2) is 5.94. The SMILES string of the molecule is CCCC(O)C(=O)CCc1ccsc1. The molecule has 0 bridgehead atoms. The van der Waals surface area contributed by atoms with E-state index in [0.717, 1.165) is 12.8 Å². The largest absolute Gasteiger partial charge is 0.385 e. The molecule has 0 aliphatic heterocycles. The molecule has 0 saturated carbocycles. The van der Waals surface area contributed by atoms with Gasteiger partial charge in [0.1, 0.15) is 6.10 Å². The molecule has 0 aliphatic carbocycles. The average Bonchev–Trinajstić information content (AvgIpc) is 2.67. The highest BCUT2D eigenvalue weighted by atomic mass is 32.1. The number of carbonyl (C=O) groups is 1. The number of thiophene rings is 1. The van der Waals surface area contributed by atoms with Gasteiger partial charge in [0.15, 0.2) is 5.78 Å². The van der Waals surface area contributed by atoms with Crippen molar-refractivity contribution in [2.75, 3.05) is 0 Å². The van der Waals surface area contributed by atoms with Crippen LogP contribution in [0.4, 0.5) is 0 Å². The molecule has 3 heteroatoms. The summed E-state index contributed by atoms with van der Waals surface area (Å²) < 4.78 is 0. The molecule has 0 aliphatic rings. The van der Waals surface area contributed by atoms with Crippen LogP contribution in [-0.2, 0) is 11.2 Å². The predicted octanol–water partition coefficient (Wildman–Crippen LogP) is 2.41. The Labute approximate surface area is 88.6 Å². The highest BCUT2D eigenvalue weighted by Crippen LogP contribution is 2.10. The zero-order valence-electron chi connectivity index (χ0n) is 8.40. The van der Waals surface area contributed by atoms with Gasteiger partial charge in [-0.2, -0.15) is 11.3 Å². The molecule has 1 rings (SSSR count). The van der Waals surface area contributed by atoms with Crippen LogP contribution in [0.2, 0.25) is 0 Å². The maximum absolute atomic E-state index is 11.4. The van der Waals surface area contributed by atoms with E-state index in [1.807, 2.05) is 23.8 Å². The third-order valence-corrected chi connectivity index (χ3v) is 2.91. The minimum atomic E-state index is -0.751. The molecule has 1 heterocycles. The second-order valence-electron chi connectivity index (χ2n) is 3.40. The molecule has 0 saturated heterocycles. The van der Waals surface area contributed by atoms with Crippen LogP contribution in [0.1, 0.15) is 31.7 Å². The Balaban J connectivity index is 2.27. The van der Waals surface area contributed by atoms with Crippen molar-refractivity contribution in [1.29, 1.82) is 0 Å². The van der Waals surface area contributed by atoms with Crippen molar-refractivity contribution in [1.82, 2.24) is 0 Å². The normalized spacial score (nSPS) is 12.7. The zero-order chi connectivity index (χ0) is 10.4. The van der Waals surface area contributed by atoms with E-state index >= 15 is 0 Å². The number of aliphatic hydroxyl groups excluding tert-OH is 1. The van der Waals surface area contributed by atoms with Crippen molar-refractivity contribution in [2.24, 2.45) is 0 Å². The lowest BCUT2D eigenvalue weighted by atomic mass is 10.0.